The van der Waals surface area contributed by atoms with E-state index in [0.717, 1.165) is 15.8 Å². The number of fused-ring (bicyclic) bond motifs is 2. The highest BCUT2D eigenvalue weighted by atomic mass is 79.9. The van der Waals surface area contributed by atoms with E-state index in [1.807, 2.05) is 39.0 Å². The second kappa shape index (κ2) is 14.1. The van der Waals surface area contributed by atoms with Crippen molar-refractivity contribution in [3.63, 3.8) is 0 Å². The lowest BCUT2D eigenvalue weighted by molar-refractivity contribution is -0.132. The Hall–Kier alpha value is -3.64. The van der Waals surface area contributed by atoms with Crippen LogP contribution in [-0.4, -0.2) is 63.8 Å². The lowest BCUT2D eigenvalue weighted by atomic mass is 9.84. The Labute approximate surface area is 290 Å². The zero-order valence-corrected chi connectivity index (χ0v) is 30.2. The van der Waals surface area contributed by atoms with Gasteiger partial charge >= 0.3 is 6.09 Å². The number of nitrogens with zero attached hydrogens (tertiary/aromatic N) is 2. The van der Waals surface area contributed by atoms with Crippen molar-refractivity contribution < 1.29 is 33.7 Å². The summed E-state index contributed by atoms with van der Waals surface area (Å²) in [6.45, 7) is 11.7. The van der Waals surface area contributed by atoms with Gasteiger partial charge < -0.3 is 24.6 Å². The Balaban J connectivity index is 1.47. The molecule has 0 radical (unpaired) electrons. The Kier molecular flexibility index (Phi) is 10.5. The molecular formula is C36H47BrN4O7. The van der Waals surface area contributed by atoms with Crippen LogP contribution in [0, 0.1) is 0 Å². The number of hydrogen-bond donors (Lipinski definition) is 3. The first kappa shape index (κ1) is 35.7. The quantitative estimate of drug-likeness (QED) is 0.257. The van der Waals surface area contributed by atoms with Gasteiger partial charge in [-0.25, -0.2) is 9.79 Å². The van der Waals surface area contributed by atoms with Gasteiger partial charge in [0.15, 0.2) is 0 Å². The molecule has 12 heteroatoms. The maximum atomic E-state index is 14.1. The van der Waals surface area contributed by atoms with Gasteiger partial charge in [-0.1, -0.05) is 22.9 Å². The van der Waals surface area contributed by atoms with Crippen LogP contribution in [0.4, 0.5) is 4.79 Å². The van der Waals surface area contributed by atoms with E-state index >= 15 is 0 Å². The summed E-state index contributed by atoms with van der Waals surface area (Å²) in [6, 6.07) is 10.2. The Morgan fingerprint density at radius 1 is 1.12 bits per heavy atom. The molecule has 0 spiro atoms. The fourth-order valence-electron chi connectivity index (χ4n) is 6.68. The van der Waals surface area contributed by atoms with E-state index in [1.54, 1.807) is 39.0 Å². The van der Waals surface area contributed by atoms with Crippen LogP contribution in [-0.2, 0) is 9.53 Å². The topological polar surface area (TPSA) is 139 Å². The summed E-state index contributed by atoms with van der Waals surface area (Å²) in [6.07, 6.45) is 2.88. The number of ether oxygens (including phenoxy) is 3. The molecule has 11 nitrogen and oxygen atoms in total. The minimum atomic E-state index is -0.763. The van der Waals surface area contributed by atoms with Gasteiger partial charge in [0.2, 0.25) is 11.9 Å². The lowest BCUT2D eigenvalue weighted by Crippen LogP contribution is -2.56. The second-order valence-electron chi connectivity index (χ2n) is 14.4. The minimum absolute atomic E-state index is 0.0533. The summed E-state index contributed by atoms with van der Waals surface area (Å²) >= 11 is 3.54. The van der Waals surface area contributed by atoms with Gasteiger partial charge in [0.05, 0.1) is 30.7 Å². The normalized spacial score (nSPS) is 23.1. The van der Waals surface area contributed by atoms with E-state index in [9.17, 15) is 19.5 Å². The highest BCUT2D eigenvalue weighted by Crippen LogP contribution is 2.43. The Morgan fingerprint density at radius 3 is 2.58 bits per heavy atom. The van der Waals surface area contributed by atoms with Crippen molar-refractivity contribution in [1.82, 2.24) is 15.5 Å². The van der Waals surface area contributed by atoms with Gasteiger partial charge in [0, 0.05) is 40.6 Å². The van der Waals surface area contributed by atoms with Crippen LogP contribution >= 0.6 is 15.9 Å². The maximum absolute atomic E-state index is 14.1. The molecule has 0 unspecified atom stereocenters. The number of carbonyl (C=O) groups excluding carboxylic acids is 3. The molecule has 3 N–H and O–H groups in total. The number of halogens is 1. The van der Waals surface area contributed by atoms with Crippen LogP contribution < -0.4 is 20.1 Å². The van der Waals surface area contributed by atoms with Crippen molar-refractivity contribution in [2.45, 2.75) is 115 Å². The lowest BCUT2D eigenvalue weighted by Gasteiger charge is -2.43. The number of guanidine groups is 1. The number of rotatable bonds is 8. The summed E-state index contributed by atoms with van der Waals surface area (Å²) in [5.74, 6) is 0.942. The third kappa shape index (κ3) is 8.14. The zero-order chi connectivity index (χ0) is 34.9. The molecular weight excluding hydrogens is 680 g/mol. The highest BCUT2D eigenvalue weighted by molar-refractivity contribution is 9.10. The highest BCUT2D eigenvalue weighted by Gasteiger charge is 2.44. The van der Waals surface area contributed by atoms with Crippen molar-refractivity contribution in [3.8, 4) is 11.5 Å². The molecule has 2 aromatic carbocycles. The number of alkyl carbamates (subject to hydrolysis) is 1. The number of aliphatic hydroxyl groups excluding tert-OH is 1. The van der Waals surface area contributed by atoms with Gasteiger partial charge in [-0.05, 0) is 96.7 Å². The van der Waals surface area contributed by atoms with E-state index in [0.29, 0.717) is 62.0 Å². The molecule has 48 heavy (non-hydrogen) atoms. The summed E-state index contributed by atoms with van der Waals surface area (Å²) in [5.41, 5.74) is -0.0134. The van der Waals surface area contributed by atoms with E-state index in [2.05, 4.69) is 26.6 Å². The van der Waals surface area contributed by atoms with Crippen LogP contribution in [0.1, 0.15) is 120 Å². The first-order valence-corrected chi connectivity index (χ1v) is 17.5. The van der Waals surface area contributed by atoms with Gasteiger partial charge in [0.25, 0.3) is 5.91 Å². The summed E-state index contributed by atoms with van der Waals surface area (Å²) < 4.78 is 18.6. The van der Waals surface area contributed by atoms with E-state index in [4.69, 9.17) is 19.2 Å². The average molecular weight is 728 g/mol. The number of aliphatic imine (C=N–C) groups is 1. The molecule has 5 rings (SSSR count). The van der Waals surface area contributed by atoms with Crippen LogP contribution in [0.2, 0.25) is 0 Å². The average Bonchev–Trinajstić information content (AvgIpc) is 3.00. The number of hydrogen-bond acceptors (Lipinski definition) is 8. The predicted octanol–water partition coefficient (Wildman–Crippen LogP) is 6.73. The molecule has 3 aliphatic rings. The molecule has 0 aromatic heterocycles. The minimum Gasteiger partial charge on any atom is -0.493 e. The first-order valence-electron chi connectivity index (χ1n) is 16.7. The van der Waals surface area contributed by atoms with Crippen molar-refractivity contribution in [3.05, 3.63) is 57.6 Å². The fourth-order valence-corrected chi connectivity index (χ4v) is 7.06. The molecule has 3 amide bonds. The number of aliphatic hydroxyl groups is 1. The summed E-state index contributed by atoms with van der Waals surface area (Å²) in [4.78, 5) is 47.6. The third-order valence-corrected chi connectivity index (χ3v) is 9.46. The van der Waals surface area contributed by atoms with E-state index < -0.39 is 28.9 Å². The zero-order valence-electron chi connectivity index (χ0n) is 28.7. The number of benzene rings is 2. The number of carbonyl (C=O) groups is 3. The Bertz CT molecular complexity index is 1590. The van der Waals surface area contributed by atoms with Crippen molar-refractivity contribution >= 4 is 39.8 Å². The number of nitrogens with one attached hydrogen (secondary N) is 2. The van der Waals surface area contributed by atoms with Gasteiger partial charge in [-0.2, -0.15) is 0 Å². The van der Waals surface area contributed by atoms with Gasteiger partial charge in [-0.15, -0.1) is 0 Å². The van der Waals surface area contributed by atoms with Crippen LogP contribution in [0.5, 0.6) is 11.5 Å². The fraction of sp³-hybridized carbons (Fsp3) is 0.556. The summed E-state index contributed by atoms with van der Waals surface area (Å²) in [7, 11) is 0. The molecule has 3 heterocycles. The molecule has 3 aliphatic heterocycles. The molecule has 0 saturated heterocycles. The smallest absolute Gasteiger partial charge is 0.414 e. The van der Waals surface area contributed by atoms with Crippen LogP contribution in [0.3, 0.4) is 0 Å². The predicted molar refractivity (Wildman–Crippen MR) is 185 cm³/mol. The second-order valence-corrected chi connectivity index (χ2v) is 15.4. The van der Waals surface area contributed by atoms with Crippen molar-refractivity contribution in [1.29, 1.82) is 0 Å². The summed E-state index contributed by atoms with van der Waals surface area (Å²) in [5, 5.41) is 15.4. The maximum Gasteiger partial charge on any atom is 0.414 e. The largest absolute Gasteiger partial charge is 0.493 e. The van der Waals surface area contributed by atoms with Crippen LogP contribution in [0.15, 0.2) is 45.9 Å². The number of unbranched alkanes of at least 4 members (excludes halogenated alkanes) is 1. The van der Waals surface area contributed by atoms with Gasteiger partial charge in [0.1, 0.15) is 22.7 Å². The Morgan fingerprint density at radius 2 is 1.88 bits per heavy atom. The molecule has 0 fully saturated rings. The van der Waals surface area contributed by atoms with E-state index in [1.165, 1.54) is 4.90 Å². The monoisotopic (exact) mass is 726 g/mol. The van der Waals surface area contributed by atoms with Crippen molar-refractivity contribution in [2.24, 2.45) is 4.99 Å². The molecule has 0 aliphatic carbocycles. The molecule has 260 valence electrons. The SMILES string of the molecule is CC[C@@]1(CCCCO)CC(=O)N([C@@H]2CCOc3ccc(C(=O)N[C@H]4CC(C)(C)Oc5ccc(Br)cc54)cc32)C(NC(=O)OC(C)(C)C)=N1. The van der Waals surface area contributed by atoms with Crippen molar-refractivity contribution in [2.75, 3.05) is 13.2 Å². The molecule has 0 saturated carbocycles. The van der Waals surface area contributed by atoms with Gasteiger partial charge in [-0.3, -0.25) is 19.8 Å². The van der Waals surface area contributed by atoms with Crippen LogP contribution in [0.25, 0.3) is 0 Å². The molecule has 2 aromatic rings. The molecule has 3 atom stereocenters. The third-order valence-electron chi connectivity index (χ3n) is 8.97. The standard InChI is InChI=1S/C36H47BrN4O7/c1-7-36(15-8-9-16-42)21-30(43)41(32(40-36)39-33(45)48-34(2,3)4)27-14-17-46-28-12-10-22(18-25(27)28)31(44)38-26-20-35(5,6)47-29-13-11-23(37)19-24(26)29/h10-13,18-19,26-27,42H,7-9,14-17,20-21H2,1-6H3,(H,38,44)(H,39,40,45)/t26-,27+,36+/m0/s1. The van der Waals surface area contributed by atoms with E-state index in [-0.39, 0.29) is 36.8 Å². The number of amides is 3. The first-order chi connectivity index (χ1) is 22.6. The molecule has 0 bridgehead atoms.